The van der Waals surface area contributed by atoms with Crippen molar-refractivity contribution in [2.75, 3.05) is 0 Å². The summed E-state index contributed by atoms with van der Waals surface area (Å²) in [5, 5.41) is 0. The number of benzene rings is 3. The van der Waals surface area contributed by atoms with Gasteiger partial charge in [-0.25, -0.2) is 13.1 Å². The van der Waals surface area contributed by atoms with E-state index >= 15 is 0 Å². The van der Waals surface area contributed by atoms with Crippen LogP contribution in [-0.2, 0) is 10.0 Å². The van der Waals surface area contributed by atoms with E-state index in [2.05, 4.69) is 4.72 Å². The summed E-state index contributed by atoms with van der Waals surface area (Å²) >= 11 is 0. The van der Waals surface area contributed by atoms with Crippen LogP contribution in [0.1, 0.15) is 35.8 Å². The molecule has 0 saturated heterocycles. The van der Waals surface area contributed by atoms with Gasteiger partial charge in [0.15, 0.2) is 5.78 Å². The van der Waals surface area contributed by atoms with Crippen molar-refractivity contribution in [2.24, 2.45) is 0 Å². The molecule has 3 aromatic rings. The molecule has 0 aromatic heterocycles. The van der Waals surface area contributed by atoms with Crippen LogP contribution in [0.15, 0.2) is 83.8 Å². The van der Waals surface area contributed by atoms with Crippen molar-refractivity contribution < 1.29 is 13.2 Å². The topological polar surface area (TPSA) is 63.2 Å². The first-order chi connectivity index (χ1) is 12.9. The predicted octanol–water partition coefficient (Wildman–Crippen LogP) is 4.60. The van der Waals surface area contributed by atoms with Gasteiger partial charge in [0.1, 0.15) is 0 Å². The van der Waals surface area contributed by atoms with E-state index < -0.39 is 16.1 Å². The second kappa shape index (κ2) is 7.86. The van der Waals surface area contributed by atoms with Crippen molar-refractivity contribution in [2.45, 2.75) is 24.8 Å². The molecule has 1 unspecified atom stereocenters. The molecule has 138 valence electrons. The minimum Gasteiger partial charge on any atom is -0.295 e. The fraction of sp³-hybridized carbons (Fsp3) is 0.136. The fourth-order valence-electron chi connectivity index (χ4n) is 2.85. The summed E-state index contributed by atoms with van der Waals surface area (Å²) in [6.45, 7) is 3.21. The molecule has 1 N–H and O–H groups in total. The van der Waals surface area contributed by atoms with Gasteiger partial charge in [-0.3, -0.25) is 4.79 Å². The molecule has 5 heteroatoms. The lowest BCUT2D eigenvalue weighted by molar-refractivity contribution is 0.101. The molecule has 0 amide bonds. The smallest absolute Gasteiger partial charge is 0.241 e. The van der Waals surface area contributed by atoms with Gasteiger partial charge in [0.05, 0.1) is 4.90 Å². The summed E-state index contributed by atoms with van der Waals surface area (Å²) in [7, 11) is -3.73. The van der Waals surface area contributed by atoms with Crippen LogP contribution in [0.3, 0.4) is 0 Å². The summed E-state index contributed by atoms with van der Waals surface area (Å²) in [5.41, 5.74) is 3.42. The van der Waals surface area contributed by atoms with Crippen LogP contribution in [0.4, 0.5) is 0 Å². The van der Waals surface area contributed by atoms with E-state index in [0.29, 0.717) is 5.56 Å². The second-order valence-electron chi connectivity index (χ2n) is 6.42. The number of Topliss-reactive ketones (excluding diaryl/α,β-unsaturated/α-hetero) is 1. The zero-order valence-corrected chi connectivity index (χ0v) is 16.0. The summed E-state index contributed by atoms with van der Waals surface area (Å²) in [6, 6.07) is 23.4. The van der Waals surface area contributed by atoms with Crippen LogP contribution in [0.5, 0.6) is 0 Å². The Kier molecular flexibility index (Phi) is 5.54. The Balaban J connectivity index is 1.79. The lowest BCUT2D eigenvalue weighted by Gasteiger charge is -2.15. The number of carbonyl (C=O) groups is 1. The molecule has 3 aromatic carbocycles. The van der Waals surface area contributed by atoms with Gasteiger partial charge in [-0.1, -0.05) is 66.7 Å². The highest BCUT2D eigenvalue weighted by atomic mass is 32.2. The maximum absolute atomic E-state index is 12.7. The minimum atomic E-state index is -3.73. The van der Waals surface area contributed by atoms with Crippen molar-refractivity contribution in [3.63, 3.8) is 0 Å². The number of rotatable bonds is 6. The Morgan fingerprint density at radius 2 is 1.48 bits per heavy atom. The Morgan fingerprint density at radius 3 is 2.11 bits per heavy atom. The maximum Gasteiger partial charge on any atom is 0.241 e. The molecule has 0 aliphatic rings. The average molecular weight is 379 g/mol. The SMILES string of the molecule is CC(=O)c1cccc(S(=O)(=O)NC(C)c2ccc(-c3ccccc3)cc2)c1. The molecular formula is C22H21NO3S. The van der Waals surface area contributed by atoms with Crippen molar-refractivity contribution in [1.29, 1.82) is 0 Å². The third-order valence-electron chi connectivity index (χ3n) is 4.40. The van der Waals surface area contributed by atoms with Crippen LogP contribution < -0.4 is 4.72 Å². The average Bonchev–Trinajstić information content (AvgIpc) is 2.68. The molecule has 3 rings (SSSR count). The zero-order valence-electron chi connectivity index (χ0n) is 15.2. The molecule has 27 heavy (non-hydrogen) atoms. The first-order valence-corrected chi connectivity index (χ1v) is 10.1. The molecule has 0 bridgehead atoms. The van der Waals surface area contributed by atoms with E-state index in [9.17, 15) is 13.2 Å². The van der Waals surface area contributed by atoms with Gasteiger partial charge in [0, 0.05) is 11.6 Å². The van der Waals surface area contributed by atoms with Crippen molar-refractivity contribution in [1.82, 2.24) is 4.72 Å². The predicted molar refractivity (Wildman–Crippen MR) is 107 cm³/mol. The van der Waals surface area contributed by atoms with Gasteiger partial charge in [0.2, 0.25) is 10.0 Å². The summed E-state index contributed by atoms with van der Waals surface area (Å²) in [5.74, 6) is -0.170. The summed E-state index contributed by atoms with van der Waals surface area (Å²) in [4.78, 5) is 11.6. The molecule has 0 aliphatic carbocycles. The summed E-state index contributed by atoms with van der Waals surface area (Å²) < 4.78 is 28.0. The van der Waals surface area contributed by atoms with Crippen molar-refractivity contribution >= 4 is 15.8 Å². The Morgan fingerprint density at radius 1 is 0.852 bits per heavy atom. The first-order valence-electron chi connectivity index (χ1n) is 8.65. The third-order valence-corrected chi connectivity index (χ3v) is 5.94. The molecular weight excluding hydrogens is 358 g/mol. The number of sulfonamides is 1. The maximum atomic E-state index is 12.7. The van der Waals surface area contributed by atoms with Gasteiger partial charge in [-0.15, -0.1) is 0 Å². The van der Waals surface area contributed by atoms with Gasteiger partial charge in [-0.2, -0.15) is 0 Å². The monoisotopic (exact) mass is 379 g/mol. The molecule has 4 nitrogen and oxygen atoms in total. The van der Waals surface area contributed by atoms with Crippen LogP contribution in [0, 0.1) is 0 Å². The van der Waals surface area contributed by atoms with E-state index in [1.165, 1.54) is 19.1 Å². The van der Waals surface area contributed by atoms with Crippen LogP contribution in [0.25, 0.3) is 11.1 Å². The Labute approximate surface area is 159 Å². The van der Waals surface area contributed by atoms with E-state index in [0.717, 1.165) is 16.7 Å². The highest BCUT2D eigenvalue weighted by Gasteiger charge is 2.19. The number of nitrogens with one attached hydrogen (secondary N) is 1. The van der Waals surface area contributed by atoms with Gasteiger partial charge in [0.25, 0.3) is 0 Å². The van der Waals surface area contributed by atoms with Gasteiger partial charge >= 0.3 is 0 Å². The normalized spacial score (nSPS) is 12.5. The number of hydrogen-bond acceptors (Lipinski definition) is 3. The van der Waals surface area contributed by atoms with Crippen molar-refractivity contribution in [3.8, 4) is 11.1 Å². The van der Waals surface area contributed by atoms with Gasteiger partial charge < -0.3 is 0 Å². The second-order valence-corrected chi connectivity index (χ2v) is 8.13. The van der Waals surface area contributed by atoms with Crippen LogP contribution in [-0.4, -0.2) is 14.2 Å². The molecule has 0 aliphatic heterocycles. The molecule has 0 spiro atoms. The molecule has 0 fully saturated rings. The summed E-state index contributed by atoms with van der Waals surface area (Å²) in [6.07, 6.45) is 0. The zero-order chi connectivity index (χ0) is 19.4. The van der Waals surface area contributed by atoms with E-state index in [1.807, 2.05) is 54.6 Å². The fourth-order valence-corrected chi connectivity index (χ4v) is 4.12. The number of carbonyl (C=O) groups excluding carboxylic acids is 1. The van der Waals surface area contributed by atoms with Crippen molar-refractivity contribution in [3.05, 3.63) is 90.0 Å². The Hall–Kier alpha value is -2.76. The Bertz CT molecular complexity index is 1040. The lowest BCUT2D eigenvalue weighted by Crippen LogP contribution is -2.27. The van der Waals surface area contributed by atoms with E-state index in [-0.39, 0.29) is 10.7 Å². The molecule has 0 saturated carbocycles. The quantitative estimate of drug-likeness (QED) is 0.637. The third kappa shape index (κ3) is 4.51. The van der Waals surface area contributed by atoms with Crippen LogP contribution in [0.2, 0.25) is 0 Å². The van der Waals surface area contributed by atoms with Crippen LogP contribution >= 0.6 is 0 Å². The number of ketones is 1. The first kappa shape index (κ1) is 19.0. The van der Waals surface area contributed by atoms with Gasteiger partial charge in [-0.05, 0) is 42.7 Å². The standard InChI is InChI=1S/C22H21NO3S/c1-16(18-11-13-20(14-12-18)19-7-4-3-5-8-19)23-27(25,26)22-10-6-9-21(15-22)17(2)24/h3-16,23H,1-2H3. The molecule has 0 heterocycles. The van der Waals surface area contributed by atoms with E-state index in [4.69, 9.17) is 0 Å². The highest BCUT2D eigenvalue weighted by Crippen LogP contribution is 2.23. The van der Waals surface area contributed by atoms with E-state index in [1.54, 1.807) is 19.1 Å². The lowest BCUT2D eigenvalue weighted by atomic mass is 10.0. The minimum absolute atomic E-state index is 0.0861. The highest BCUT2D eigenvalue weighted by molar-refractivity contribution is 7.89. The largest absolute Gasteiger partial charge is 0.295 e. The number of hydrogen-bond donors (Lipinski definition) is 1. The molecule has 1 atom stereocenters. The molecule has 0 radical (unpaired) electrons.